The maximum atomic E-state index is 10.6. The number of pyridine rings is 1. The second-order valence-electron chi connectivity index (χ2n) is 2.65. The van der Waals surface area contributed by atoms with Gasteiger partial charge in [0.05, 0.1) is 11.1 Å². The molecule has 0 atom stereocenters. The first-order valence-electron chi connectivity index (χ1n) is 3.79. The number of hydrogen-bond donors (Lipinski definition) is 0. The Morgan fingerprint density at radius 1 is 1.57 bits per heavy atom. The minimum absolute atomic E-state index is 0.111. The van der Waals surface area contributed by atoms with Crippen molar-refractivity contribution < 1.29 is 9.72 Å². The summed E-state index contributed by atoms with van der Waals surface area (Å²) in [5.41, 5.74) is 0.365. The number of aldehydes is 1. The average molecular weight is 191 g/mol. The van der Waals surface area contributed by atoms with Gasteiger partial charge in [-0.3, -0.25) is 19.3 Å². The van der Waals surface area contributed by atoms with Gasteiger partial charge in [0.1, 0.15) is 5.69 Å². The lowest BCUT2D eigenvalue weighted by atomic mass is 10.4. The summed E-state index contributed by atoms with van der Waals surface area (Å²) >= 11 is 0. The van der Waals surface area contributed by atoms with Crippen LogP contribution in [0.2, 0.25) is 0 Å². The average Bonchev–Trinajstić information content (AvgIpc) is 2.59. The molecule has 14 heavy (non-hydrogen) atoms. The normalized spacial score (nSPS) is 10.3. The number of fused-ring (bicyclic) bond motifs is 1. The summed E-state index contributed by atoms with van der Waals surface area (Å²) in [4.78, 5) is 24.4. The number of carbonyl (C=O) groups is 1. The first-order valence-corrected chi connectivity index (χ1v) is 3.79. The lowest BCUT2D eigenvalue weighted by Crippen LogP contribution is -1.95. The van der Waals surface area contributed by atoms with Crippen LogP contribution in [-0.4, -0.2) is 20.6 Å². The monoisotopic (exact) mass is 191 g/mol. The van der Waals surface area contributed by atoms with Gasteiger partial charge in [0, 0.05) is 12.3 Å². The van der Waals surface area contributed by atoms with Gasteiger partial charge in [0.25, 0.3) is 0 Å². The van der Waals surface area contributed by atoms with Crippen molar-refractivity contribution in [3.63, 3.8) is 0 Å². The zero-order valence-corrected chi connectivity index (χ0v) is 6.95. The van der Waals surface area contributed by atoms with Crippen LogP contribution in [0.3, 0.4) is 0 Å². The minimum Gasteiger partial charge on any atom is -0.296 e. The van der Waals surface area contributed by atoms with Crippen LogP contribution in [0.5, 0.6) is 0 Å². The molecule has 2 aromatic rings. The third kappa shape index (κ3) is 1.05. The molecule has 0 spiro atoms. The highest BCUT2D eigenvalue weighted by Crippen LogP contribution is 2.18. The van der Waals surface area contributed by atoms with Gasteiger partial charge in [-0.2, -0.15) is 0 Å². The van der Waals surface area contributed by atoms with Crippen molar-refractivity contribution >= 4 is 17.6 Å². The molecule has 2 rings (SSSR count). The van der Waals surface area contributed by atoms with Crippen LogP contribution in [-0.2, 0) is 0 Å². The van der Waals surface area contributed by atoms with Gasteiger partial charge in [-0.25, -0.2) is 4.98 Å². The smallest absolute Gasteiger partial charge is 0.296 e. The maximum absolute atomic E-state index is 10.6. The molecule has 0 saturated carbocycles. The van der Waals surface area contributed by atoms with E-state index in [2.05, 4.69) is 4.98 Å². The van der Waals surface area contributed by atoms with Crippen molar-refractivity contribution in [2.24, 2.45) is 0 Å². The molecular weight excluding hydrogens is 186 g/mol. The van der Waals surface area contributed by atoms with E-state index in [-0.39, 0.29) is 11.3 Å². The molecule has 0 radical (unpaired) electrons. The van der Waals surface area contributed by atoms with Crippen LogP contribution in [0, 0.1) is 10.1 Å². The van der Waals surface area contributed by atoms with Crippen molar-refractivity contribution in [1.29, 1.82) is 0 Å². The maximum Gasteiger partial charge on any atom is 0.312 e. The minimum atomic E-state index is -0.531. The van der Waals surface area contributed by atoms with Gasteiger partial charge < -0.3 is 0 Å². The highest BCUT2D eigenvalue weighted by Gasteiger charge is 2.14. The van der Waals surface area contributed by atoms with E-state index in [9.17, 15) is 14.9 Å². The number of aromatic nitrogens is 2. The zero-order chi connectivity index (χ0) is 10.1. The number of hydrogen-bond acceptors (Lipinski definition) is 4. The fourth-order valence-corrected chi connectivity index (χ4v) is 1.24. The van der Waals surface area contributed by atoms with E-state index in [1.807, 2.05) is 0 Å². The molecule has 0 bridgehead atoms. The number of carbonyl (C=O) groups excluding carboxylic acids is 1. The Hall–Kier alpha value is -2.24. The van der Waals surface area contributed by atoms with Gasteiger partial charge in [-0.15, -0.1) is 0 Å². The van der Waals surface area contributed by atoms with Crippen molar-refractivity contribution in [2.75, 3.05) is 0 Å². The molecular formula is C8H5N3O3. The third-order valence-corrected chi connectivity index (χ3v) is 1.86. The molecule has 0 amide bonds. The molecule has 0 fully saturated rings. The van der Waals surface area contributed by atoms with Gasteiger partial charge in [0.15, 0.2) is 6.29 Å². The largest absolute Gasteiger partial charge is 0.312 e. The lowest BCUT2D eigenvalue weighted by molar-refractivity contribution is -0.383. The van der Waals surface area contributed by atoms with Crippen molar-refractivity contribution in [2.45, 2.75) is 0 Å². The number of rotatable bonds is 2. The second kappa shape index (κ2) is 2.91. The summed E-state index contributed by atoms with van der Waals surface area (Å²) in [5.74, 6) is 0. The summed E-state index contributed by atoms with van der Waals surface area (Å²) in [6, 6.07) is 2.84. The van der Waals surface area contributed by atoms with Crippen LogP contribution in [0.25, 0.3) is 5.65 Å². The highest BCUT2D eigenvalue weighted by atomic mass is 16.6. The molecule has 70 valence electrons. The molecule has 0 saturated heterocycles. The van der Waals surface area contributed by atoms with Gasteiger partial charge in [-0.1, -0.05) is 0 Å². The van der Waals surface area contributed by atoms with E-state index in [1.54, 1.807) is 6.20 Å². The fraction of sp³-hybridized carbons (Fsp3) is 0. The molecule has 6 nitrogen and oxygen atoms in total. The molecule has 0 aliphatic heterocycles. The van der Waals surface area contributed by atoms with Crippen LogP contribution in [0.4, 0.5) is 5.69 Å². The van der Waals surface area contributed by atoms with Gasteiger partial charge >= 0.3 is 5.69 Å². The van der Waals surface area contributed by atoms with E-state index in [4.69, 9.17) is 0 Å². The van der Waals surface area contributed by atoms with E-state index in [0.717, 1.165) is 0 Å². The van der Waals surface area contributed by atoms with E-state index in [0.29, 0.717) is 12.0 Å². The number of nitro groups is 1. The number of nitrogens with zero attached hydrogens (tertiary/aromatic N) is 3. The molecule has 0 aliphatic carbocycles. The number of imidazole rings is 1. The lowest BCUT2D eigenvalue weighted by Gasteiger charge is -1.95. The molecule has 0 aromatic carbocycles. The Bertz CT molecular complexity index is 518. The van der Waals surface area contributed by atoms with E-state index in [1.165, 1.54) is 22.7 Å². The van der Waals surface area contributed by atoms with E-state index < -0.39 is 4.92 Å². The van der Waals surface area contributed by atoms with Gasteiger partial charge in [-0.05, 0) is 6.07 Å². The molecule has 0 N–H and O–H groups in total. The Morgan fingerprint density at radius 3 is 3.00 bits per heavy atom. The zero-order valence-electron chi connectivity index (χ0n) is 6.95. The molecule has 2 heterocycles. The van der Waals surface area contributed by atoms with E-state index >= 15 is 0 Å². The summed E-state index contributed by atoms with van der Waals surface area (Å²) in [7, 11) is 0. The fourth-order valence-electron chi connectivity index (χ4n) is 1.24. The first kappa shape index (κ1) is 8.36. The molecule has 0 aliphatic rings. The predicted octanol–water partition coefficient (Wildman–Crippen LogP) is 1.05. The summed E-state index contributed by atoms with van der Waals surface area (Å²) in [6.45, 7) is 0. The Kier molecular flexibility index (Phi) is 1.74. The second-order valence-corrected chi connectivity index (χ2v) is 2.65. The Balaban J connectivity index is 2.82. The molecule has 2 aromatic heterocycles. The standard InChI is InChI=1S/C8H5N3O3/c12-5-6-4-9-8-7(11(13)14)2-1-3-10(6)8/h1-5H. The van der Waals surface area contributed by atoms with Crippen LogP contribution in [0.15, 0.2) is 24.5 Å². The Morgan fingerprint density at radius 2 is 2.36 bits per heavy atom. The van der Waals surface area contributed by atoms with Crippen molar-refractivity contribution in [3.05, 3.63) is 40.3 Å². The van der Waals surface area contributed by atoms with Crippen LogP contribution in [0.1, 0.15) is 10.5 Å². The highest BCUT2D eigenvalue weighted by molar-refractivity contribution is 5.75. The summed E-state index contributed by atoms with van der Waals surface area (Å²) in [5, 5.41) is 10.6. The SMILES string of the molecule is O=Cc1cnc2c([N+](=O)[O-])cccn12. The molecule has 6 heteroatoms. The van der Waals surface area contributed by atoms with Crippen molar-refractivity contribution in [3.8, 4) is 0 Å². The topological polar surface area (TPSA) is 77.5 Å². The molecule has 0 unspecified atom stereocenters. The summed E-state index contributed by atoms with van der Waals surface area (Å²) in [6.07, 6.45) is 3.46. The summed E-state index contributed by atoms with van der Waals surface area (Å²) < 4.78 is 1.38. The Labute approximate surface area is 77.9 Å². The third-order valence-electron chi connectivity index (χ3n) is 1.86. The van der Waals surface area contributed by atoms with Crippen LogP contribution >= 0.6 is 0 Å². The predicted molar refractivity (Wildman–Crippen MR) is 47.2 cm³/mol. The quantitative estimate of drug-likeness (QED) is 0.404. The van der Waals surface area contributed by atoms with Gasteiger partial charge in [0.2, 0.25) is 5.65 Å². The first-order chi connectivity index (χ1) is 6.74. The van der Waals surface area contributed by atoms with Crippen molar-refractivity contribution in [1.82, 2.24) is 9.38 Å². The van der Waals surface area contributed by atoms with Crippen LogP contribution < -0.4 is 0 Å².